The number of carbonyl (C=O) groups excluding carboxylic acids is 2. The van der Waals surface area contributed by atoms with E-state index in [0.29, 0.717) is 21.7 Å². The maximum Gasteiger partial charge on any atom is 0.417 e. The van der Waals surface area contributed by atoms with Crippen LogP contribution >= 0.6 is 27.3 Å². The monoisotopic (exact) mass is 702 g/mol. The highest BCUT2D eigenvalue weighted by Gasteiger charge is 2.33. The van der Waals surface area contributed by atoms with Crippen LogP contribution in [0.3, 0.4) is 0 Å². The second-order valence-corrected chi connectivity index (χ2v) is 12.8. The Kier molecular flexibility index (Phi) is 10.1. The summed E-state index contributed by atoms with van der Waals surface area (Å²) in [5, 5.41) is 17.1. The molecule has 1 fully saturated rings. The summed E-state index contributed by atoms with van der Waals surface area (Å²) in [6.45, 7) is -0.00610. The van der Waals surface area contributed by atoms with Gasteiger partial charge in [-0.05, 0) is 59.7 Å². The minimum absolute atomic E-state index is 0.00610. The average Bonchev–Trinajstić information content (AvgIpc) is 3.40. The predicted octanol–water partition coefficient (Wildman–Crippen LogP) is 8.24. The number of nitrogens with zero attached hydrogens (tertiary/aromatic N) is 1. The number of aromatic nitrogens is 1. The van der Waals surface area contributed by atoms with Crippen molar-refractivity contribution in [3.05, 3.63) is 93.0 Å². The molecule has 13 heteroatoms. The third-order valence-electron chi connectivity index (χ3n) is 7.76. The summed E-state index contributed by atoms with van der Waals surface area (Å²) >= 11 is 4.02. The van der Waals surface area contributed by atoms with Gasteiger partial charge in [-0.2, -0.15) is 13.2 Å². The molecule has 0 spiro atoms. The standard InChI is InChI=1S/C32H30BrF3N4O4S/c33-24-17-26-25(16-23(24)32(34,35)36)38-31(45-26)40-30(44)39-28(20-8-6-19(7-9-20)18-4-2-1-3-5-18)21-10-12-22(13-11-21)29(43)37-15-14-27(41)42/h6-13,16-18,28H,1-5,14-15H2,(H,37,43)(H,41,42)(H2,38,39,40,44). The molecule has 5 rings (SSSR count). The number of nitrogens with one attached hydrogen (secondary N) is 3. The lowest BCUT2D eigenvalue weighted by molar-refractivity contribution is -0.138. The second kappa shape index (κ2) is 14.0. The van der Waals surface area contributed by atoms with Crippen LogP contribution < -0.4 is 16.0 Å². The van der Waals surface area contributed by atoms with Crippen molar-refractivity contribution in [2.75, 3.05) is 11.9 Å². The molecule has 0 bridgehead atoms. The van der Waals surface area contributed by atoms with Crippen LogP contribution in [0, 0.1) is 0 Å². The number of halogens is 4. The van der Waals surface area contributed by atoms with Gasteiger partial charge in [-0.3, -0.25) is 14.9 Å². The molecule has 0 aliphatic heterocycles. The van der Waals surface area contributed by atoms with Crippen LogP contribution in [-0.2, 0) is 11.0 Å². The molecule has 8 nitrogen and oxygen atoms in total. The van der Waals surface area contributed by atoms with Gasteiger partial charge in [0.2, 0.25) is 0 Å². The number of urea groups is 1. The number of carbonyl (C=O) groups is 3. The zero-order chi connectivity index (χ0) is 32.1. The molecule has 1 aromatic heterocycles. The van der Waals surface area contributed by atoms with E-state index < -0.39 is 35.7 Å². The van der Waals surface area contributed by atoms with Gasteiger partial charge in [-0.15, -0.1) is 0 Å². The summed E-state index contributed by atoms with van der Waals surface area (Å²) in [6, 6.07) is 15.7. The first-order valence-electron chi connectivity index (χ1n) is 14.4. The van der Waals surface area contributed by atoms with E-state index in [1.807, 2.05) is 12.1 Å². The van der Waals surface area contributed by atoms with E-state index in [1.165, 1.54) is 30.9 Å². The number of amides is 3. The molecule has 1 atom stereocenters. The third-order valence-corrected chi connectivity index (χ3v) is 9.35. The van der Waals surface area contributed by atoms with Crippen LogP contribution in [0.2, 0.25) is 0 Å². The van der Waals surface area contributed by atoms with Crippen molar-refractivity contribution < 1.29 is 32.7 Å². The first-order chi connectivity index (χ1) is 21.5. The first-order valence-corrected chi connectivity index (χ1v) is 16.0. The fraction of sp³-hybridized carbons (Fsp3) is 0.312. The molecule has 1 unspecified atom stereocenters. The molecular formula is C32H30BrF3N4O4S. The van der Waals surface area contributed by atoms with E-state index in [9.17, 15) is 27.6 Å². The van der Waals surface area contributed by atoms with Gasteiger partial charge in [-0.1, -0.05) is 82.9 Å². The fourth-order valence-corrected chi connectivity index (χ4v) is 7.05. The molecule has 3 aromatic carbocycles. The van der Waals surface area contributed by atoms with Crippen molar-refractivity contribution in [2.24, 2.45) is 0 Å². The highest BCUT2D eigenvalue weighted by molar-refractivity contribution is 9.10. The summed E-state index contributed by atoms with van der Waals surface area (Å²) in [6.07, 6.45) is 1.18. The van der Waals surface area contributed by atoms with E-state index in [-0.39, 0.29) is 28.1 Å². The van der Waals surface area contributed by atoms with Crippen molar-refractivity contribution >= 4 is 60.5 Å². The smallest absolute Gasteiger partial charge is 0.417 e. The van der Waals surface area contributed by atoms with Crippen LogP contribution in [0.15, 0.2) is 65.1 Å². The van der Waals surface area contributed by atoms with Crippen LogP contribution in [-0.4, -0.2) is 34.5 Å². The minimum atomic E-state index is -4.56. The van der Waals surface area contributed by atoms with Crippen molar-refractivity contribution in [2.45, 2.75) is 56.7 Å². The van der Waals surface area contributed by atoms with Gasteiger partial charge < -0.3 is 15.7 Å². The maximum atomic E-state index is 13.4. The maximum absolute atomic E-state index is 13.4. The Bertz CT molecular complexity index is 1690. The summed E-state index contributed by atoms with van der Waals surface area (Å²) < 4.78 is 40.5. The van der Waals surface area contributed by atoms with Crippen LogP contribution in [0.25, 0.3) is 10.2 Å². The van der Waals surface area contributed by atoms with Crippen molar-refractivity contribution in [3.8, 4) is 0 Å². The van der Waals surface area contributed by atoms with Gasteiger partial charge in [0.05, 0.1) is 28.2 Å². The van der Waals surface area contributed by atoms with Crippen molar-refractivity contribution in [3.63, 3.8) is 0 Å². The molecule has 1 heterocycles. The number of carboxylic acids is 1. The summed E-state index contributed by atoms with van der Waals surface area (Å²) in [7, 11) is 0. The van der Waals surface area contributed by atoms with Crippen LogP contribution in [0.5, 0.6) is 0 Å². The van der Waals surface area contributed by atoms with Gasteiger partial charge in [0.25, 0.3) is 5.91 Å². The Morgan fingerprint density at radius 3 is 2.24 bits per heavy atom. The fourth-order valence-electron chi connectivity index (χ4n) is 5.45. The lowest BCUT2D eigenvalue weighted by Gasteiger charge is -2.24. The van der Waals surface area contributed by atoms with Crippen molar-refractivity contribution in [1.29, 1.82) is 0 Å². The lowest BCUT2D eigenvalue weighted by atomic mass is 9.83. The average molecular weight is 704 g/mol. The molecule has 1 aliphatic rings. The second-order valence-electron chi connectivity index (χ2n) is 10.9. The van der Waals surface area contributed by atoms with E-state index in [2.05, 4.69) is 49.0 Å². The zero-order valence-corrected chi connectivity index (χ0v) is 26.3. The van der Waals surface area contributed by atoms with Gasteiger partial charge in [0, 0.05) is 16.6 Å². The molecule has 1 saturated carbocycles. The Morgan fingerprint density at radius 2 is 1.62 bits per heavy atom. The van der Waals surface area contributed by atoms with Crippen LogP contribution in [0.1, 0.15) is 83.1 Å². The molecule has 0 saturated heterocycles. The number of fused-ring (bicyclic) bond motifs is 1. The zero-order valence-electron chi connectivity index (χ0n) is 23.9. The Balaban J connectivity index is 1.37. The number of benzene rings is 3. The molecule has 45 heavy (non-hydrogen) atoms. The SMILES string of the molecule is O=C(O)CCNC(=O)c1ccc(C(NC(=O)Nc2nc3cc(C(F)(F)F)c(Br)cc3s2)c2ccc(C3CCCCC3)cc2)cc1. The predicted molar refractivity (Wildman–Crippen MR) is 170 cm³/mol. The highest BCUT2D eigenvalue weighted by atomic mass is 79.9. The Morgan fingerprint density at radius 1 is 0.978 bits per heavy atom. The van der Waals surface area contributed by atoms with Crippen molar-refractivity contribution in [1.82, 2.24) is 15.6 Å². The Hall–Kier alpha value is -3.97. The number of alkyl halides is 3. The van der Waals surface area contributed by atoms with Gasteiger partial charge in [-0.25, -0.2) is 9.78 Å². The number of rotatable bonds is 9. The topological polar surface area (TPSA) is 120 Å². The number of anilines is 1. The van der Waals surface area contributed by atoms with E-state index in [4.69, 9.17) is 5.11 Å². The number of hydrogen-bond acceptors (Lipinski definition) is 5. The normalized spacial score (nSPS) is 14.6. The molecule has 4 N–H and O–H groups in total. The van der Waals surface area contributed by atoms with E-state index in [1.54, 1.807) is 24.3 Å². The highest BCUT2D eigenvalue weighted by Crippen LogP contribution is 2.39. The largest absolute Gasteiger partial charge is 0.481 e. The summed E-state index contributed by atoms with van der Waals surface area (Å²) in [4.78, 5) is 40.7. The molecule has 0 radical (unpaired) electrons. The van der Waals surface area contributed by atoms with Crippen LogP contribution in [0.4, 0.5) is 23.1 Å². The third kappa shape index (κ3) is 8.20. The quantitative estimate of drug-likeness (QED) is 0.140. The van der Waals surface area contributed by atoms with Gasteiger partial charge in [0.1, 0.15) is 0 Å². The number of carboxylic acid groups (broad SMARTS) is 1. The molecule has 236 valence electrons. The first kappa shape index (κ1) is 32.4. The molecular weight excluding hydrogens is 673 g/mol. The van der Waals surface area contributed by atoms with Gasteiger partial charge in [0.15, 0.2) is 5.13 Å². The number of aliphatic carboxylic acids is 1. The molecule has 3 amide bonds. The molecule has 1 aliphatic carbocycles. The van der Waals surface area contributed by atoms with E-state index in [0.717, 1.165) is 35.8 Å². The van der Waals surface area contributed by atoms with E-state index >= 15 is 0 Å². The lowest BCUT2D eigenvalue weighted by Crippen LogP contribution is -2.33. The number of hydrogen-bond donors (Lipinski definition) is 4. The van der Waals surface area contributed by atoms with Gasteiger partial charge >= 0.3 is 18.2 Å². The minimum Gasteiger partial charge on any atom is -0.481 e. The number of thiazole rings is 1. The summed E-state index contributed by atoms with van der Waals surface area (Å²) in [5.41, 5.74) is 2.31. The Labute approximate surface area is 269 Å². The summed E-state index contributed by atoms with van der Waals surface area (Å²) in [5.74, 6) is -0.937. The molecule has 4 aromatic rings.